The number of aromatic nitrogens is 4. The maximum atomic E-state index is 14.9. The minimum atomic E-state index is -0.228. The van der Waals surface area contributed by atoms with E-state index in [1.165, 1.54) is 25.3 Å². The average molecular weight is 425 g/mol. The lowest BCUT2D eigenvalue weighted by atomic mass is 10.1. The van der Waals surface area contributed by atoms with E-state index in [0.717, 1.165) is 62.0 Å². The molecule has 2 aromatic heterocycles. The minimum Gasteiger partial charge on any atom is -0.367 e. The van der Waals surface area contributed by atoms with E-state index in [1.807, 2.05) is 6.07 Å². The van der Waals surface area contributed by atoms with Crippen molar-refractivity contribution in [3.05, 3.63) is 36.5 Å². The predicted octanol–water partition coefficient (Wildman–Crippen LogP) is 3.21. The first-order valence-corrected chi connectivity index (χ1v) is 11.0. The second-order valence-electron chi connectivity index (χ2n) is 8.47. The molecule has 164 valence electrons. The highest BCUT2D eigenvalue weighted by Gasteiger charge is 2.21. The van der Waals surface area contributed by atoms with Gasteiger partial charge in [-0.1, -0.05) is 6.58 Å². The molecule has 1 aromatic carbocycles. The molecule has 31 heavy (non-hydrogen) atoms. The Kier molecular flexibility index (Phi) is 5.27. The number of piperidine rings is 1. The summed E-state index contributed by atoms with van der Waals surface area (Å²) in [7, 11) is 2.09. The van der Waals surface area contributed by atoms with Crippen LogP contribution in [0.5, 0.6) is 0 Å². The molecular formula is C22H29FN8. The predicted molar refractivity (Wildman–Crippen MR) is 122 cm³/mol. The van der Waals surface area contributed by atoms with Gasteiger partial charge in [0.15, 0.2) is 5.82 Å². The summed E-state index contributed by atoms with van der Waals surface area (Å²) in [5, 5.41) is 10.6. The molecule has 3 aromatic rings. The number of fused-ring (bicyclic) bond motifs is 1. The van der Waals surface area contributed by atoms with Crippen LogP contribution in [0.25, 0.3) is 22.6 Å². The van der Waals surface area contributed by atoms with Gasteiger partial charge in [-0.25, -0.2) is 9.37 Å². The molecule has 9 heteroatoms. The summed E-state index contributed by atoms with van der Waals surface area (Å²) >= 11 is 0. The third-order valence-corrected chi connectivity index (χ3v) is 6.29. The lowest BCUT2D eigenvalue weighted by Gasteiger charge is -2.34. The maximum Gasteiger partial charge on any atom is 0.158 e. The molecule has 2 saturated heterocycles. The summed E-state index contributed by atoms with van der Waals surface area (Å²) in [4.78, 5) is 14.6. The number of halogens is 1. The number of aromatic amines is 2. The van der Waals surface area contributed by atoms with E-state index < -0.39 is 0 Å². The molecule has 3 N–H and O–H groups in total. The highest BCUT2D eigenvalue weighted by Crippen LogP contribution is 2.30. The molecule has 2 aliphatic rings. The number of likely N-dealkylation sites (N-methyl/N-ethyl adjacent to an activating group) is 1. The molecule has 0 radical (unpaired) electrons. The van der Waals surface area contributed by atoms with Crippen LogP contribution in [0.4, 0.5) is 15.8 Å². The number of rotatable bonds is 5. The van der Waals surface area contributed by atoms with E-state index >= 15 is 0 Å². The van der Waals surface area contributed by atoms with Crippen LogP contribution in [0.15, 0.2) is 30.7 Å². The number of H-pyrrole nitrogens is 2. The molecule has 4 heterocycles. The van der Waals surface area contributed by atoms with Gasteiger partial charge < -0.3 is 25.0 Å². The Morgan fingerprint density at radius 2 is 1.87 bits per heavy atom. The Labute approximate surface area is 181 Å². The molecule has 0 bridgehead atoms. The third kappa shape index (κ3) is 3.97. The van der Waals surface area contributed by atoms with Crippen LogP contribution in [-0.4, -0.2) is 76.3 Å². The summed E-state index contributed by atoms with van der Waals surface area (Å²) in [6, 6.07) is 3.38. The van der Waals surface area contributed by atoms with Gasteiger partial charge in [0.25, 0.3) is 0 Å². The minimum absolute atomic E-state index is 0.228. The standard InChI is InChI=1S/C22H29FN8/c1-15(30-6-4-3-5-7-30)25-19-14-24-28-21(19)22-26-17-12-16(23)20(13-18(17)27-22)31-10-8-29(2)9-11-31/h12-14,25H,1,3-11H2,2H3,(H,24,28)(H,26,27). The summed E-state index contributed by atoms with van der Waals surface area (Å²) in [5.74, 6) is 1.26. The number of piperazine rings is 1. The van der Waals surface area contributed by atoms with Gasteiger partial charge >= 0.3 is 0 Å². The van der Waals surface area contributed by atoms with E-state index in [4.69, 9.17) is 4.98 Å². The Morgan fingerprint density at radius 1 is 1.10 bits per heavy atom. The van der Waals surface area contributed by atoms with Crippen molar-refractivity contribution in [3.63, 3.8) is 0 Å². The number of benzene rings is 1. The van der Waals surface area contributed by atoms with E-state index in [9.17, 15) is 4.39 Å². The molecule has 0 saturated carbocycles. The molecule has 0 atom stereocenters. The van der Waals surface area contributed by atoms with Gasteiger partial charge in [-0.3, -0.25) is 5.10 Å². The van der Waals surface area contributed by atoms with Crippen molar-refractivity contribution in [2.75, 3.05) is 56.5 Å². The van der Waals surface area contributed by atoms with E-state index in [0.29, 0.717) is 17.0 Å². The molecule has 5 rings (SSSR count). The van der Waals surface area contributed by atoms with E-state index in [2.05, 4.69) is 48.8 Å². The van der Waals surface area contributed by atoms with Gasteiger partial charge in [0.2, 0.25) is 0 Å². The first kappa shape index (κ1) is 19.9. The third-order valence-electron chi connectivity index (χ3n) is 6.29. The van der Waals surface area contributed by atoms with Crippen LogP contribution in [0.3, 0.4) is 0 Å². The second-order valence-corrected chi connectivity index (χ2v) is 8.47. The van der Waals surface area contributed by atoms with Crippen LogP contribution in [0.2, 0.25) is 0 Å². The molecule has 0 aliphatic carbocycles. The lowest BCUT2D eigenvalue weighted by molar-refractivity contribution is 0.289. The van der Waals surface area contributed by atoms with Crippen LogP contribution in [0.1, 0.15) is 19.3 Å². The smallest absolute Gasteiger partial charge is 0.158 e. The van der Waals surface area contributed by atoms with Gasteiger partial charge in [-0.15, -0.1) is 0 Å². The van der Waals surface area contributed by atoms with Crippen molar-refractivity contribution >= 4 is 22.4 Å². The maximum absolute atomic E-state index is 14.9. The summed E-state index contributed by atoms with van der Waals surface area (Å²) < 4.78 is 14.9. The fourth-order valence-corrected chi connectivity index (χ4v) is 4.39. The highest BCUT2D eigenvalue weighted by molar-refractivity contribution is 5.84. The summed E-state index contributed by atoms with van der Waals surface area (Å²) in [6.45, 7) is 9.68. The Morgan fingerprint density at radius 3 is 2.65 bits per heavy atom. The van der Waals surface area contributed by atoms with E-state index in [1.54, 1.807) is 6.20 Å². The fraction of sp³-hybridized carbons (Fsp3) is 0.455. The lowest BCUT2D eigenvalue weighted by Crippen LogP contribution is -2.44. The molecule has 2 fully saturated rings. The Bertz CT molecular complexity index is 1070. The van der Waals surface area contributed by atoms with Gasteiger partial charge in [-0.05, 0) is 32.4 Å². The molecule has 2 aliphatic heterocycles. The van der Waals surface area contributed by atoms with Crippen LogP contribution in [-0.2, 0) is 0 Å². The van der Waals surface area contributed by atoms with Crippen LogP contribution in [0, 0.1) is 5.82 Å². The number of hydrogen-bond donors (Lipinski definition) is 3. The number of nitrogens with one attached hydrogen (secondary N) is 3. The largest absolute Gasteiger partial charge is 0.367 e. The zero-order valence-electron chi connectivity index (χ0n) is 17.9. The summed E-state index contributed by atoms with van der Waals surface area (Å²) in [5.41, 5.74) is 3.55. The Hall–Kier alpha value is -3.07. The van der Waals surface area contributed by atoms with Gasteiger partial charge in [0.1, 0.15) is 11.5 Å². The molecule has 8 nitrogen and oxygen atoms in total. The first-order valence-electron chi connectivity index (χ1n) is 11.0. The number of likely N-dealkylation sites (tertiary alicyclic amines) is 1. The number of imidazole rings is 1. The second kappa shape index (κ2) is 8.22. The molecular weight excluding hydrogens is 395 g/mol. The quantitative estimate of drug-likeness (QED) is 0.584. The summed E-state index contributed by atoms with van der Waals surface area (Å²) in [6.07, 6.45) is 5.37. The number of hydrogen-bond acceptors (Lipinski definition) is 6. The zero-order valence-corrected chi connectivity index (χ0v) is 17.9. The van der Waals surface area contributed by atoms with Gasteiger partial charge in [0.05, 0.1) is 34.4 Å². The van der Waals surface area contributed by atoms with Crippen molar-refractivity contribution in [2.45, 2.75) is 19.3 Å². The zero-order chi connectivity index (χ0) is 21.4. The van der Waals surface area contributed by atoms with Crippen molar-refractivity contribution < 1.29 is 4.39 Å². The Balaban J connectivity index is 1.40. The number of nitrogens with zero attached hydrogens (tertiary/aromatic N) is 5. The van der Waals surface area contributed by atoms with Crippen molar-refractivity contribution in [3.8, 4) is 11.5 Å². The topological polar surface area (TPSA) is 79.1 Å². The molecule has 0 spiro atoms. The molecule has 0 amide bonds. The monoisotopic (exact) mass is 424 g/mol. The SMILES string of the molecule is C=C(Nc1cn[nH]c1-c1nc2cc(N3CCN(C)CC3)c(F)cc2[nH]1)N1CCCCC1. The van der Waals surface area contributed by atoms with Crippen molar-refractivity contribution in [2.24, 2.45) is 0 Å². The van der Waals surface area contributed by atoms with Crippen LogP contribution < -0.4 is 10.2 Å². The fourth-order valence-electron chi connectivity index (χ4n) is 4.39. The first-order chi connectivity index (χ1) is 15.1. The molecule has 0 unspecified atom stereocenters. The average Bonchev–Trinajstić information content (AvgIpc) is 3.40. The van der Waals surface area contributed by atoms with Crippen molar-refractivity contribution in [1.29, 1.82) is 0 Å². The van der Waals surface area contributed by atoms with Crippen LogP contribution >= 0.6 is 0 Å². The van der Waals surface area contributed by atoms with Gasteiger partial charge in [-0.2, -0.15) is 5.10 Å². The van der Waals surface area contributed by atoms with E-state index in [-0.39, 0.29) is 5.82 Å². The van der Waals surface area contributed by atoms with Crippen molar-refractivity contribution in [1.82, 2.24) is 30.0 Å². The normalized spacial score (nSPS) is 18.0. The number of anilines is 2. The highest BCUT2D eigenvalue weighted by atomic mass is 19.1. The van der Waals surface area contributed by atoms with Gasteiger partial charge in [0, 0.05) is 45.3 Å².